The minimum atomic E-state index is -1.52. The molecule has 0 saturated heterocycles. The molecule has 0 aliphatic heterocycles. The third kappa shape index (κ3) is 2.34. The van der Waals surface area contributed by atoms with Crippen molar-refractivity contribution in [3.63, 3.8) is 0 Å². The highest BCUT2D eigenvalue weighted by molar-refractivity contribution is 7.09. The number of carboxylic acid groups (broad SMARTS) is 1. The minimum Gasteiger partial charge on any atom is -0.481 e. The monoisotopic (exact) mass is 231 g/mol. The van der Waals surface area contributed by atoms with E-state index in [1.807, 2.05) is 0 Å². The quantitative estimate of drug-likeness (QED) is 0.870. The smallest absolute Gasteiger partial charge is 0.315 e. The van der Waals surface area contributed by atoms with Crippen LogP contribution in [0.4, 0.5) is 4.39 Å². The minimum absolute atomic E-state index is 0.312. The molecule has 0 spiro atoms. The van der Waals surface area contributed by atoms with E-state index >= 15 is 0 Å². The van der Waals surface area contributed by atoms with Gasteiger partial charge in [-0.3, -0.25) is 4.79 Å². The van der Waals surface area contributed by atoms with E-state index in [1.165, 1.54) is 13.8 Å². The Morgan fingerprint density at radius 3 is 2.33 bits per heavy atom. The summed E-state index contributed by atoms with van der Waals surface area (Å²) in [7, 11) is 0. The van der Waals surface area contributed by atoms with Crippen LogP contribution in [0, 0.1) is 0 Å². The summed E-state index contributed by atoms with van der Waals surface area (Å²) in [6.45, 7) is 5.92. The number of hydrogen-bond acceptors (Lipinski definition) is 3. The Morgan fingerprint density at radius 2 is 2.00 bits per heavy atom. The first-order chi connectivity index (χ1) is 6.65. The molecule has 0 aliphatic carbocycles. The summed E-state index contributed by atoms with van der Waals surface area (Å²) in [4.78, 5) is 15.0. The van der Waals surface area contributed by atoms with Crippen LogP contribution in [0.15, 0.2) is 5.38 Å². The second-order valence-electron chi connectivity index (χ2n) is 4.44. The molecule has 1 heterocycles. The largest absolute Gasteiger partial charge is 0.481 e. The van der Waals surface area contributed by atoms with Crippen LogP contribution in [-0.4, -0.2) is 16.1 Å². The first kappa shape index (κ1) is 12.1. The van der Waals surface area contributed by atoms with Crippen LogP contribution < -0.4 is 0 Å². The normalized spacial score (nSPS) is 12.9. The van der Waals surface area contributed by atoms with Crippen molar-refractivity contribution in [3.8, 4) is 0 Å². The first-order valence-corrected chi connectivity index (χ1v) is 5.42. The molecular weight excluding hydrogens is 217 g/mol. The summed E-state index contributed by atoms with van der Waals surface area (Å²) in [5, 5.41) is 10.9. The Hall–Kier alpha value is -0.970. The molecule has 0 atom stereocenters. The van der Waals surface area contributed by atoms with Crippen LogP contribution in [0.3, 0.4) is 0 Å². The Kier molecular flexibility index (Phi) is 2.87. The van der Waals surface area contributed by atoms with Crippen LogP contribution in [0.25, 0.3) is 0 Å². The molecule has 0 aliphatic rings. The lowest BCUT2D eigenvalue weighted by molar-refractivity contribution is -0.142. The van der Waals surface area contributed by atoms with Gasteiger partial charge in [0.1, 0.15) is 10.4 Å². The first-order valence-electron chi connectivity index (χ1n) is 4.54. The second-order valence-corrected chi connectivity index (χ2v) is 5.30. The summed E-state index contributed by atoms with van der Waals surface area (Å²) in [6.07, 6.45) is 0. The molecule has 0 saturated carbocycles. The Labute approximate surface area is 92.0 Å². The highest BCUT2D eigenvalue weighted by Gasteiger charge is 2.34. The van der Waals surface area contributed by atoms with Gasteiger partial charge in [0.05, 0.1) is 5.69 Å². The van der Waals surface area contributed by atoms with Gasteiger partial charge in [-0.05, 0) is 27.7 Å². The molecule has 1 rings (SSSR count). The van der Waals surface area contributed by atoms with Crippen molar-refractivity contribution in [2.75, 3.05) is 0 Å². The average molecular weight is 231 g/mol. The van der Waals surface area contributed by atoms with E-state index in [4.69, 9.17) is 5.11 Å². The number of rotatable bonds is 3. The van der Waals surface area contributed by atoms with Gasteiger partial charge >= 0.3 is 5.97 Å². The van der Waals surface area contributed by atoms with Gasteiger partial charge in [-0.25, -0.2) is 9.37 Å². The van der Waals surface area contributed by atoms with E-state index in [9.17, 15) is 9.18 Å². The maximum atomic E-state index is 13.5. The van der Waals surface area contributed by atoms with Gasteiger partial charge in [-0.1, -0.05) is 0 Å². The van der Waals surface area contributed by atoms with Gasteiger partial charge in [0, 0.05) is 5.38 Å². The lowest BCUT2D eigenvalue weighted by Gasteiger charge is -2.16. The SMILES string of the molecule is CC(C)(F)c1nc(C(C)(C)C(=O)O)cs1. The fraction of sp³-hybridized carbons (Fsp3) is 0.600. The van der Waals surface area contributed by atoms with Crippen molar-refractivity contribution < 1.29 is 14.3 Å². The van der Waals surface area contributed by atoms with Gasteiger partial charge in [0.2, 0.25) is 0 Å². The predicted octanol–water partition coefficient (Wildman–Crippen LogP) is 2.71. The summed E-state index contributed by atoms with van der Waals surface area (Å²) in [5.74, 6) is -0.962. The fourth-order valence-electron chi connectivity index (χ4n) is 0.943. The average Bonchev–Trinajstić information content (AvgIpc) is 2.50. The zero-order valence-electron chi connectivity index (χ0n) is 9.17. The molecule has 0 radical (unpaired) electrons. The molecule has 1 N–H and O–H groups in total. The van der Waals surface area contributed by atoms with Crippen molar-refractivity contribution in [3.05, 3.63) is 16.1 Å². The molecule has 0 unspecified atom stereocenters. The number of hydrogen-bond donors (Lipinski definition) is 1. The third-order valence-electron chi connectivity index (χ3n) is 2.19. The lowest BCUT2D eigenvalue weighted by Crippen LogP contribution is -2.29. The fourth-order valence-corrected chi connectivity index (χ4v) is 1.95. The van der Waals surface area contributed by atoms with Crippen LogP contribution >= 0.6 is 11.3 Å². The number of carboxylic acids is 1. The van der Waals surface area contributed by atoms with E-state index in [1.54, 1.807) is 19.2 Å². The maximum absolute atomic E-state index is 13.5. The molecule has 1 aromatic rings. The Bertz CT molecular complexity index is 379. The standard InChI is InChI=1S/C10H14FNO2S/c1-9(2,8(13)14)6-5-15-7(12-6)10(3,4)11/h5H,1-4H3,(H,13,14). The number of nitrogens with zero attached hydrogens (tertiary/aromatic N) is 1. The van der Waals surface area contributed by atoms with Gasteiger partial charge in [-0.2, -0.15) is 0 Å². The molecule has 0 amide bonds. The van der Waals surface area contributed by atoms with Crippen molar-refractivity contribution in [1.82, 2.24) is 4.98 Å². The van der Waals surface area contributed by atoms with Gasteiger partial charge in [0.15, 0.2) is 5.67 Å². The van der Waals surface area contributed by atoms with E-state index < -0.39 is 17.1 Å². The molecule has 5 heteroatoms. The summed E-state index contributed by atoms with van der Waals surface area (Å²) in [5.41, 5.74) is -2.18. The lowest BCUT2D eigenvalue weighted by atomic mass is 9.90. The van der Waals surface area contributed by atoms with Crippen LogP contribution in [0.2, 0.25) is 0 Å². The molecule has 0 bridgehead atoms. The molecule has 0 fully saturated rings. The Balaban J connectivity index is 3.10. The summed E-state index contributed by atoms with van der Waals surface area (Å²) < 4.78 is 13.5. The topological polar surface area (TPSA) is 50.2 Å². The van der Waals surface area contributed by atoms with E-state index in [-0.39, 0.29) is 0 Å². The van der Waals surface area contributed by atoms with Crippen LogP contribution in [0.1, 0.15) is 38.4 Å². The number of halogens is 1. The van der Waals surface area contributed by atoms with Crippen molar-refractivity contribution in [2.45, 2.75) is 38.8 Å². The number of aliphatic carboxylic acids is 1. The van der Waals surface area contributed by atoms with Crippen LogP contribution in [-0.2, 0) is 15.9 Å². The molecule has 84 valence electrons. The summed E-state index contributed by atoms with van der Waals surface area (Å²) >= 11 is 1.15. The Morgan fingerprint density at radius 1 is 1.47 bits per heavy atom. The maximum Gasteiger partial charge on any atom is 0.315 e. The van der Waals surface area contributed by atoms with Crippen molar-refractivity contribution >= 4 is 17.3 Å². The van der Waals surface area contributed by atoms with Crippen molar-refractivity contribution in [2.24, 2.45) is 0 Å². The molecule has 15 heavy (non-hydrogen) atoms. The van der Waals surface area contributed by atoms with Gasteiger partial charge in [0.25, 0.3) is 0 Å². The van der Waals surface area contributed by atoms with E-state index in [0.717, 1.165) is 11.3 Å². The molecule has 0 aromatic carbocycles. The highest BCUT2D eigenvalue weighted by Crippen LogP contribution is 2.32. The number of alkyl halides is 1. The van der Waals surface area contributed by atoms with E-state index in [2.05, 4.69) is 4.98 Å². The van der Waals surface area contributed by atoms with E-state index in [0.29, 0.717) is 10.7 Å². The van der Waals surface area contributed by atoms with Gasteiger partial charge < -0.3 is 5.11 Å². The van der Waals surface area contributed by atoms with Crippen LogP contribution in [0.5, 0.6) is 0 Å². The third-order valence-corrected chi connectivity index (χ3v) is 3.33. The number of carbonyl (C=O) groups is 1. The highest BCUT2D eigenvalue weighted by atomic mass is 32.1. The van der Waals surface area contributed by atoms with Crippen molar-refractivity contribution in [1.29, 1.82) is 0 Å². The molecular formula is C10H14FNO2S. The molecule has 3 nitrogen and oxygen atoms in total. The predicted molar refractivity (Wildman–Crippen MR) is 56.9 cm³/mol. The number of aromatic nitrogens is 1. The van der Waals surface area contributed by atoms with Gasteiger partial charge in [-0.15, -0.1) is 11.3 Å². The summed E-state index contributed by atoms with van der Waals surface area (Å²) in [6, 6.07) is 0. The second kappa shape index (κ2) is 3.56. The zero-order valence-corrected chi connectivity index (χ0v) is 9.98. The number of thiazole rings is 1. The zero-order chi connectivity index (χ0) is 11.9. The molecule has 1 aromatic heterocycles.